The monoisotopic (exact) mass is 213 g/mol. The van der Waals surface area contributed by atoms with Gasteiger partial charge in [0.25, 0.3) is 0 Å². The molecule has 0 saturated heterocycles. The first-order valence-electron chi connectivity index (χ1n) is 4.10. The van der Waals surface area contributed by atoms with Crippen molar-refractivity contribution in [3.05, 3.63) is 22.7 Å². The number of ether oxygens (including phenoxy) is 1. The Hall–Kier alpha value is -1.22. The smallest absolute Gasteiger partial charge is 0.152 e. The highest BCUT2D eigenvalue weighted by atomic mass is 35.5. The van der Waals surface area contributed by atoms with Crippen molar-refractivity contribution in [1.29, 1.82) is 0 Å². The zero-order valence-electron chi connectivity index (χ0n) is 8.37. The lowest BCUT2D eigenvalue weighted by Gasteiger charge is -2.17. The SMILES string of the molecule is COc1cc(Cl)c(N(C)C)c(C=O)c1. The van der Waals surface area contributed by atoms with Crippen LogP contribution in [0.3, 0.4) is 0 Å². The van der Waals surface area contributed by atoms with Crippen LogP contribution in [0.15, 0.2) is 12.1 Å². The van der Waals surface area contributed by atoms with Crippen LogP contribution < -0.4 is 9.64 Å². The van der Waals surface area contributed by atoms with Crippen molar-refractivity contribution in [3.8, 4) is 5.75 Å². The normalized spacial score (nSPS) is 9.71. The van der Waals surface area contributed by atoms with Gasteiger partial charge in [0.05, 0.1) is 17.8 Å². The van der Waals surface area contributed by atoms with Crippen LogP contribution >= 0.6 is 11.6 Å². The summed E-state index contributed by atoms with van der Waals surface area (Å²) in [7, 11) is 5.21. The Morgan fingerprint density at radius 3 is 2.50 bits per heavy atom. The maximum absolute atomic E-state index is 10.8. The summed E-state index contributed by atoms with van der Waals surface area (Å²) >= 11 is 6.01. The maximum atomic E-state index is 10.8. The topological polar surface area (TPSA) is 29.5 Å². The third-order valence-corrected chi connectivity index (χ3v) is 2.16. The van der Waals surface area contributed by atoms with Crippen LogP contribution in [-0.4, -0.2) is 27.5 Å². The zero-order chi connectivity index (χ0) is 10.7. The second kappa shape index (κ2) is 4.33. The summed E-state index contributed by atoms with van der Waals surface area (Å²) in [6.07, 6.45) is 0.768. The van der Waals surface area contributed by atoms with Gasteiger partial charge in [0.15, 0.2) is 6.29 Å². The van der Waals surface area contributed by atoms with Crippen molar-refractivity contribution in [2.24, 2.45) is 0 Å². The van der Waals surface area contributed by atoms with Gasteiger partial charge in [-0.05, 0) is 6.07 Å². The molecule has 0 radical (unpaired) electrons. The number of methoxy groups -OCH3 is 1. The van der Waals surface area contributed by atoms with E-state index in [0.29, 0.717) is 22.0 Å². The van der Waals surface area contributed by atoms with Gasteiger partial charge < -0.3 is 9.64 Å². The Morgan fingerprint density at radius 1 is 1.43 bits per heavy atom. The number of aldehydes is 1. The average Bonchev–Trinajstić information content (AvgIpc) is 2.15. The van der Waals surface area contributed by atoms with E-state index >= 15 is 0 Å². The Kier molecular flexibility index (Phi) is 3.36. The van der Waals surface area contributed by atoms with Crippen molar-refractivity contribution in [3.63, 3.8) is 0 Å². The summed E-state index contributed by atoms with van der Waals surface area (Å²) < 4.78 is 5.01. The predicted molar refractivity (Wildman–Crippen MR) is 57.7 cm³/mol. The van der Waals surface area contributed by atoms with E-state index in [1.807, 2.05) is 14.1 Å². The summed E-state index contributed by atoms with van der Waals surface area (Å²) in [5, 5.41) is 0.511. The molecule has 1 rings (SSSR count). The van der Waals surface area contributed by atoms with Crippen LogP contribution in [0.2, 0.25) is 5.02 Å². The highest BCUT2D eigenvalue weighted by Gasteiger charge is 2.10. The van der Waals surface area contributed by atoms with Gasteiger partial charge in [0, 0.05) is 25.7 Å². The number of nitrogens with zero attached hydrogens (tertiary/aromatic N) is 1. The number of hydrogen-bond acceptors (Lipinski definition) is 3. The van der Waals surface area contributed by atoms with Gasteiger partial charge in [-0.3, -0.25) is 4.79 Å². The van der Waals surface area contributed by atoms with Crippen molar-refractivity contribution in [2.45, 2.75) is 0 Å². The molecule has 0 aliphatic carbocycles. The van der Waals surface area contributed by atoms with E-state index in [0.717, 1.165) is 6.29 Å². The first-order chi connectivity index (χ1) is 6.60. The number of rotatable bonds is 3. The molecule has 14 heavy (non-hydrogen) atoms. The molecule has 3 nitrogen and oxygen atoms in total. The number of carbonyl (C=O) groups excluding carboxylic acids is 1. The molecule has 0 saturated carbocycles. The van der Waals surface area contributed by atoms with E-state index in [9.17, 15) is 4.79 Å². The standard InChI is InChI=1S/C10H12ClNO2/c1-12(2)10-7(6-13)4-8(14-3)5-9(10)11/h4-6H,1-3H3. The first kappa shape index (κ1) is 10.9. The molecule has 0 N–H and O–H groups in total. The molecule has 0 aliphatic rings. The third kappa shape index (κ3) is 1.99. The molecule has 4 heteroatoms. The minimum absolute atomic E-state index is 0.511. The molecule has 0 spiro atoms. The minimum atomic E-state index is 0.511. The van der Waals surface area contributed by atoms with Gasteiger partial charge in [0.2, 0.25) is 0 Å². The molecule has 0 aliphatic heterocycles. The van der Waals surface area contributed by atoms with E-state index in [4.69, 9.17) is 16.3 Å². The van der Waals surface area contributed by atoms with E-state index in [1.54, 1.807) is 17.0 Å². The van der Waals surface area contributed by atoms with E-state index in [2.05, 4.69) is 0 Å². The fourth-order valence-electron chi connectivity index (χ4n) is 1.27. The lowest BCUT2D eigenvalue weighted by atomic mass is 10.1. The number of carbonyl (C=O) groups is 1. The van der Waals surface area contributed by atoms with Crippen LogP contribution in [0.4, 0.5) is 5.69 Å². The predicted octanol–water partition coefficient (Wildman–Crippen LogP) is 2.23. The van der Waals surface area contributed by atoms with Gasteiger partial charge in [-0.2, -0.15) is 0 Å². The molecular formula is C10H12ClNO2. The van der Waals surface area contributed by atoms with Gasteiger partial charge >= 0.3 is 0 Å². The lowest BCUT2D eigenvalue weighted by Crippen LogP contribution is -2.12. The molecule has 0 unspecified atom stereocenters. The Labute approximate surface area is 88.2 Å². The molecule has 76 valence electrons. The fraction of sp³-hybridized carbons (Fsp3) is 0.300. The average molecular weight is 214 g/mol. The molecule has 0 heterocycles. The highest BCUT2D eigenvalue weighted by Crippen LogP contribution is 2.31. The van der Waals surface area contributed by atoms with Crippen molar-refractivity contribution in [2.75, 3.05) is 26.1 Å². The molecular weight excluding hydrogens is 202 g/mol. The molecule has 1 aromatic rings. The summed E-state index contributed by atoms with van der Waals surface area (Å²) in [6.45, 7) is 0. The second-order valence-electron chi connectivity index (χ2n) is 3.06. The Balaban J connectivity index is 3.34. The lowest BCUT2D eigenvalue weighted by molar-refractivity contribution is 0.112. The molecule has 0 aromatic heterocycles. The third-order valence-electron chi connectivity index (χ3n) is 1.88. The summed E-state index contributed by atoms with van der Waals surface area (Å²) in [5.74, 6) is 0.586. The van der Waals surface area contributed by atoms with Crippen LogP contribution in [0.25, 0.3) is 0 Å². The number of hydrogen-bond donors (Lipinski definition) is 0. The van der Waals surface area contributed by atoms with Gasteiger partial charge in [-0.1, -0.05) is 11.6 Å². The van der Waals surface area contributed by atoms with Crippen LogP contribution in [0.1, 0.15) is 10.4 Å². The quantitative estimate of drug-likeness (QED) is 0.722. The molecule has 0 bridgehead atoms. The van der Waals surface area contributed by atoms with Crippen LogP contribution in [0.5, 0.6) is 5.75 Å². The first-order valence-corrected chi connectivity index (χ1v) is 4.48. The summed E-state index contributed by atoms with van der Waals surface area (Å²) in [5.41, 5.74) is 1.24. The molecule has 0 amide bonds. The zero-order valence-corrected chi connectivity index (χ0v) is 9.13. The summed E-state index contributed by atoms with van der Waals surface area (Å²) in [6, 6.07) is 3.35. The van der Waals surface area contributed by atoms with Gasteiger partial charge in [0.1, 0.15) is 5.75 Å². The van der Waals surface area contributed by atoms with Gasteiger partial charge in [-0.25, -0.2) is 0 Å². The van der Waals surface area contributed by atoms with Gasteiger partial charge in [-0.15, -0.1) is 0 Å². The fourth-order valence-corrected chi connectivity index (χ4v) is 1.66. The summed E-state index contributed by atoms with van der Waals surface area (Å²) in [4.78, 5) is 12.6. The van der Waals surface area contributed by atoms with E-state index < -0.39 is 0 Å². The van der Waals surface area contributed by atoms with E-state index in [-0.39, 0.29) is 0 Å². The van der Waals surface area contributed by atoms with Crippen LogP contribution in [0, 0.1) is 0 Å². The number of benzene rings is 1. The Morgan fingerprint density at radius 2 is 2.07 bits per heavy atom. The minimum Gasteiger partial charge on any atom is -0.497 e. The number of anilines is 1. The molecule has 0 atom stereocenters. The largest absolute Gasteiger partial charge is 0.497 e. The van der Waals surface area contributed by atoms with Crippen molar-refractivity contribution in [1.82, 2.24) is 0 Å². The maximum Gasteiger partial charge on any atom is 0.152 e. The second-order valence-corrected chi connectivity index (χ2v) is 3.47. The van der Waals surface area contributed by atoms with Crippen molar-refractivity contribution >= 4 is 23.6 Å². The highest BCUT2D eigenvalue weighted by molar-refractivity contribution is 6.34. The Bertz CT molecular complexity index is 350. The van der Waals surface area contributed by atoms with E-state index in [1.165, 1.54) is 7.11 Å². The molecule has 1 aromatic carbocycles. The van der Waals surface area contributed by atoms with Crippen LogP contribution in [-0.2, 0) is 0 Å². The van der Waals surface area contributed by atoms with Crippen molar-refractivity contribution < 1.29 is 9.53 Å². The number of halogens is 1. The molecule has 0 fully saturated rings.